The molecule has 116 valence electrons. The molecule has 0 spiro atoms. The predicted molar refractivity (Wildman–Crippen MR) is 93.4 cm³/mol. The Bertz CT molecular complexity index is 672. The van der Waals surface area contributed by atoms with Gasteiger partial charge >= 0.3 is 0 Å². The second-order valence-electron chi connectivity index (χ2n) is 5.41. The zero-order chi connectivity index (χ0) is 15.9. The first-order chi connectivity index (χ1) is 11.4. The van der Waals surface area contributed by atoms with Gasteiger partial charge < -0.3 is 10.4 Å². The maximum atomic E-state index is 9.01. The Labute approximate surface area is 136 Å². The highest BCUT2D eigenvalue weighted by atomic mass is 16.2. The van der Waals surface area contributed by atoms with Crippen molar-refractivity contribution in [2.75, 3.05) is 11.9 Å². The molecular weight excluding hydrogens is 284 g/mol. The van der Waals surface area contributed by atoms with Gasteiger partial charge in [0.15, 0.2) is 0 Å². The van der Waals surface area contributed by atoms with Crippen LogP contribution in [-0.2, 0) is 6.42 Å². The molecular formula is C20H20N2O. The zero-order valence-electron chi connectivity index (χ0n) is 12.9. The lowest BCUT2D eigenvalue weighted by molar-refractivity contribution is 0.299. The van der Waals surface area contributed by atoms with Gasteiger partial charge in [-0.3, -0.25) is 4.98 Å². The fourth-order valence-corrected chi connectivity index (χ4v) is 2.58. The van der Waals surface area contributed by atoms with Gasteiger partial charge in [-0.05, 0) is 41.8 Å². The number of aromatic nitrogens is 1. The number of aliphatic hydroxyl groups excluding tert-OH is 1. The van der Waals surface area contributed by atoms with Gasteiger partial charge in [-0.15, -0.1) is 0 Å². The molecule has 0 bridgehead atoms. The molecule has 0 fully saturated rings. The van der Waals surface area contributed by atoms with Gasteiger partial charge in [0.05, 0.1) is 11.7 Å². The van der Waals surface area contributed by atoms with Crippen molar-refractivity contribution in [3.63, 3.8) is 0 Å². The average Bonchev–Trinajstić information content (AvgIpc) is 2.63. The first-order valence-electron chi connectivity index (χ1n) is 7.79. The summed E-state index contributed by atoms with van der Waals surface area (Å²) in [4.78, 5) is 4.50. The third kappa shape index (κ3) is 3.96. The smallest absolute Gasteiger partial charge is 0.0940 e. The minimum absolute atomic E-state index is 0.00101. The molecule has 1 unspecified atom stereocenters. The van der Waals surface area contributed by atoms with Crippen LogP contribution in [-0.4, -0.2) is 16.7 Å². The lowest BCUT2D eigenvalue weighted by atomic mass is 10.0. The number of hydrogen-bond acceptors (Lipinski definition) is 3. The van der Waals surface area contributed by atoms with E-state index in [1.165, 1.54) is 5.56 Å². The van der Waals surface area contributed by atoms with Crippen molar-refractivity contribution in [1.82, 2.24) is 4.98 Å². The number of aliphatic hydroxyl groups is 1. The number of rotatable bonds is 6. The molecule has 3 aromatic rings. The molecule has 0 aliphatic heterocycles. The second-order valence-corrected chi connectivity index (χ2v) is 5.41. The molecule has 1 heterocycles. The van der Waals surface area contributed by atoms with E-state index in [4.69, 9.17) is 5.11 Å². The van der Waals surface area contributed by atoms with Crippen LogP contribution in [0.1, 0.15) is 22.9 Å². The topological polar surface area (TPSA) is 45.1 Å². The largest absolute Gasteiger partial charge is 0.396 e. The van der Waals surface area contributed by atoms with E-state index in [1.807, 2.05) is 66.9 Å². The van der Waals surface area contributed by atoms with E-state index in [1.54, 1.807) is 0 Å². The lowest BCUT2D eigenvalue weighted by Crippen LogP contribution is -2.13. The molecule has 0 saturated carbocycles. The first-order valence-corrected chi connectivity index (χ1v) is 7.79. The van der Waals surface area contributed by atoms with Gasteiger partial charge in [0.1, 0.15) is 0 Å². The molecule has 2 N–H and O–H groups in total. The normalized spacial score (nSPS) is 11.9. The highest BCUT2D eigenvalue weighted by Crippen LogP contribution is 2.25. The van der Waals surface area contributed by atoms with Gasteiger partial charge in [0.25, 0.3) is 0 Å². The summed E-state index contributed by atoms with van der Waals surface area (Å²) < 4.78 is 0. The maximum Gasteiger partial charge on any atom is 0.0940 e. The van der Waals surface area contributed by atoms with Crippen LogP contribution in [0.25, 0.3) is 0 Å². The van der Waals surface area contributed by atoms with E-state index in [9.17, 15) is 0 Å². The molecule has 2 aromatic carbocycles. The van der Waals surface area contributed by atoms with Crippen molar-refractivity contribution in [1.29, 1.82) is 0 Å². The van der Waals surface area contributed by atoms with Crippen LogP contribution in [0.4, 0.5) is 5.69 Å². The Balaban J connectivity index is 1.87. The molecule has 0 aliphatic carbocycles. The highest BCUT2D eigenvalue weighted by molar-refractivity contribution is 5.49. The molecule has 3 nitrogen and oxygen atoms in total. The minimum atomic E-state index is 0.00101. The van der Waals surface area contributed by atoms with E-state index >= 15 is 0 Å². The summed E-state index contributed by atoms with van der Waals surface area (Å²) >= 11 is 0. The maximum absolute atomic E-state index is 9.01. The van der Waals surface area contributed by atoms with Gasteiger partial charge in [-0.2, -0.15) is 0 Å². The number of anilines is 1. The van der Waals surface area contributed by atoms with E-state index in [0.717, 1.165) is 16.9 Å². The highest BCUT2D eigenvalue weighted by Gasteiger charge is 2.14. The predicted octanol–water partition coefficient (Wildman–Crippen LogP) is 3.82. The van der Waals surface area contributed by atoms with Crippen LogP contribution >= 0.6 is 0 Å². The number of pyridine rings is 1. The first kappa shape index (κ1) is 15.3. The Kier molecular flexibility index (Phi) is 5.02. The number of nitrogens with one attached hydrogen (secondary N) is 1. The van der Waals surface area contributed by atoms with E-state index in [2.05, 4.69) is 22.4 Å². The molecule has 1 aromatic heterocycles. The fourth-order valence-electron chi connectivity index (χ4n) is 2.58. The Morgan fingerprint density at radius 3 is 2.26 bits per heavy atom. The van der Waals surface area contributed by atoms with E-state index in [-0.39, 0.29) is 12.6 Å². The third-order valence-electron chi connectivity index (χ3n) is 3.78. The van der Waals surface area contributed by atoms with Gasteiger partial charge in [-0.25, -0.2) is 0 Å². The quantitative estimate of drug-likeness (QED) is 0.728. The van der Waals surface area contributed by atoms with Crippen molar-refractivity contribution in [2.45, 2.75) is 12.5 Å². The summed E-state index contributed by atoms with van der Waals surface area (Å²) in [5.41, 5.74) is 4.32. The number of nitrogens with zero attached hydrogens (tertiary/aromatic N) is 1. The van der Waals surface area contributed by atoms with Crippen molar-refractivity contribution in [3.8, 4) is 0 Å². The molecule has 0 saturated heterocycles. The molecule has 0 aliphatic rings. The summed E-state index contributed by atoms with van der Waals surface area (Å²) in [7, 11) is 0. The zero-order valence-corrected chi connectivity index (χ0v) is 12.9. The van der Waals surface area contributed by atoms with Crippen molar-refractivity contribution in [2.24, 2.45) is 0 Å². The SMILES string of the molecule is OCCc1ccc(NC(c2ccccc2)c2ccccn2)cc1. The van der Waals surface area contributed by atoms with Crippen LogP contribution in [0.5, 0.6) is 0 Å². The third-order valence-corrected chi connectivity index (χ3v) is 3.78. The number of benzene rings is 2. The number of hydrogen-bond donors (Lipinski definition) is 2. The summed E-state index contributed by atoms with van der Waals surface area (Å²) in [6.07, 6.45) is 2.50. The van der Waals surface area contributed by atoms with Crippen LogP contribution in [0.2, 0.25) is 0 Å². The van der Waals surface area contributed by atoms with Crippen LogP contribution in [0.15, 0.2) is 79.0 Å². The van der Waals surface area contributed by atoms with Crippen LogP contribution < -0.4 is 5.32 Å². The summed E-state index contributed by atoms with van der Waals surface area (Å²) in [5.74, 6) is 0. The van der Waals surface area contributed by atoms with Crippen LogP contribution in [0, 0.1) is 0 Å². The van der Waals surface area contributed by atoms with Crippen molar-refractivity contribution < 1.29 is 5.11 Å². The van der Waals surface area contributed by atoms with E-state index < -0.39 is 0 Å². The van der Waals surface area contributed by atoms with E-state index in [0.29, 0.717) is 6.42 Å². The average molecular weight is 304 g/mol. The Morgan fingerprint density at radius 1 is 0.870 bits per heavy atom. The van der Waals surface area contributed by atoms with Gasteiger partial charge in [-0.1, -0.05) is 48.5 Å². The summed E-state index contributed by atoms with van der Waals surface area (Å²) in [5, 5.41) is 12.6. The van der Waals surface area contributed by atoms with Gasteiger partial charge in [0, 0.05) is 18.5 Å². The summed E-state index contributed by atoms with van der Waals surface area (Å²) in [6.45, 7) is 0.174. The fraction of sp³-hybridized carbons (Fsp3) is 0.150. The Morgan fingerprint density at radius 2 is 1.61 bits per heavy atom. The molecule has 0 amide bonds. The molecule has 3 heteroatoms. The van der Waals surface area contributed by atoms with Crippen molar-refractivity contribution >= 4 is 5.69 Å². The molecule has 0 radical (unpaired) electrons. The molecule has 3 rings (SSSR count). The van der Waals surface area contributed by atoms with Crippen molar-refractivity contribution in [3.05, 3.63) is 95.8 Å². The molecule has 1 atom stereocenters. The second kappa shape index (κ2) is 7.56. The lowest BCUT2D eigenvalue weighted by Gasteiger charge is -2.20. The Hall–Kier alpha value is -2.65. The summed E-state index contributed by atoms with van der Waals surface area (Å²) in [6, 6.07) is 24.4. The monoisotopic (exact) mass is 304 g/mol. The van der Waals surface area contributed by atoms with Gasteiger partial charge in [0.2, 0.25) is 0 Å². The van der Waals surface area contributed by atoms with Crippen LogP contribution in [0.3, 0.4) is 0 Å². The standard InChI is InChI=1S/C20H20N2O/c23-15-13-16-9-11-18(12-10-16)22-20(17-6-2-1-3-7-17)19-8-4-5-14-21-19/h1-12,14,20,22-23H,13,15H2. The molecule has 23 heavy (non-hydrogen) atoms. The minimum Gasteiger partial charge on any atom is -0.396 e.